The van der Waals surface area contributed by atoms with Gasteiger partial charge in [0.15, 0.2) is 0 Å². The Labute approximate surface area is 409 Å². The van der Waals surface area contributed by atoms with Gasteiger partial charge in [0.1, 0.15) is 5.82 Å². The van der Waals surface area contributed by atoms with E-state index in [1.54, 1.807) is 0 Å². The van der Waals surface area contributed by atoms with Crippen molar-refractivity contribution in [2.24, 2.45) is 0 Å². The summed E-state index contributed by atoms with van der Waals surface area (Å²) in [6, 6.07) is 76.2. The number of nitrogens with zero attached hydrogens (tertiary/aromatic N) is 4. The molecule has 3 heterocycles. The van der Waals surface area contributed by atoms with Gasteiger partial charge < -0.3 is 4.57 Å². The van der Waals surface area contributed by atoms with Crippen molar-refractivity contribution < 1.29 is 30.4 Å². The molecule has 0 saturated heterocycles. The summed E-state index contributed by atoms with van der Waals surface area (Å²) in [7, 11) is 0. The molecular weight excluding hydrogens is 1060 g/mol. The molecule has 0 radical (unpaired) electrons. The fraction of sp³-hybridized carbons (Fsp3) is 0.100. The summed E-state index contributed by atoms with van der Waals surface area (Å²) in [6.45, 7) is 6.68. The standard InChI is InChI=1S/C60H48GeN4O.Pt/c1-60(2,3)44-35-36-62-58(38-44)65-54-30-13-12-27-52(54)53-34-33-49(40-57(53)65)66-48-26-17-25-47(39-48)63-41-64(56-32-15-14-31-55(56)63)59-50(42-19-8-6-9-20-42)28-18-29-51(59)43-21-16-24-46(37-43)61(4,5)45-22-10-7-11-23-45;/h6-38H,1-5H3;/q-2;. The van der Waals surface area contributed by atoms with Gasteiger partial charge in [0.25, 0.3) is 0 Å². The number of hydrogen-bond acceptors (Lipinski definition) is 2. The summed E-state index contributed by atoms with van der Waals surface area (Å²) in [6.07, 6.45) is 5.72. The van der Waals surface area contributed by atoms with E-state index in [0.717, 1.165) is 66.7 Å². The van der Waals surface area contributed by atoms with Crippen LogP contribution in [0.2, 0.25) is 11.5 Å². The SMILES string of the molecule is CC(C)(C)c1ccnc(-n2c3[c-]c(Oc4[c-]c(-n5[c-][n+](-c6c(-c7ccccc7)cccc6-c6ccc[c]([Ge]([CH3])([CH3])[c]7ccccc7)c6)c6ccccc65)ccc4)ccc3c3ccccc32)c1.[Pt]. The van der Waals surface area contributed by atoms with E-state index in [-0.39, 0.29) is 26.5 Å². The Morgan fingerprint density at radius 3 is 2.00 bits per heavy atom. The van der Waals surface area contributed by atoms with Gasteiger partial charge in [-0.05, 0) is 34.6 Å². The average Bonchev–Trinajstić information content (AvgIpc) is 3.90. The number of ether oxygens (including phenoxy) is 1. The first kappa shape index (κ1) is 44.1. The molecule has 11 rings (SSSR count). The number of para-hydroxylation sites is 4. The second-order valence-corrected chi connectivity index (χ2v) is 27.7. The molecule has 0 unspecified atom stereocenters. The molecule has 0 amide bonds. The third-order valence-electron chi connectivity index (χ3n) is 12.9. The molecular formula is C60H48GeN4OPt-2. The Hall–Kier alpha value is -6.79. The predicted octanol–water partition coefficient (Wildman–Crippen LogP) is 13.0. The average molecular weight is 1110 g/mol. The van der Waals surface area contributed by atoms with E-state index in [1.807, 2.05) is 24.4 Å². The van der Waals surface area contributed by atoms with Crippen LogP contribution in [0, 0.1) is 18.5 Å². The summed E-state index contributed by atoms with van der Waals surface area (Å²) in [5.74, 6) is 6.99. The molecule has 7 heteroatoms. The molecule has 0 saturated carbocycles. The summed E-state index contributed by atoms with van der Waals surface area (Å²) in [4.78, 5) is 4.86. The third-order valence-corrected chi connectivity index (χ3v) is 20.3. The number of benzene rings is 8. The number of aromatic nitrogens is 4. The molecule has 0 fully saturated rings. The molecule has 5 nitrogen and oxygen atoms in total. The molecule has 11 aromatic rings. The van der Waals surface area contributed by atoms with Crippen LogP contribution in [0.25, 0.3) is 72.3 Å². The van der Waals surface area contributed by atoms with Crippen LogP contribution < -0.4 is 18.1 Å². The molecule has 0 atom stereocenters. The van der Waals surface area contributed by atoms with Crippen molar-refractivity contribution in [3.05, 3.63) is 224 Å². The maximum absolute atomic E-state index is 6.67. The monoisotopic (exact) mass is 1110 g/mol. The molecule has 0 aliphatic heterocycles. The van der Waals surface area contributed by atoms with E-state index in [2.05, 4.69) is 240 Å². The summed E-state index contributed by atoms with van der Waals surface area (Å²) >= 11 is -2.63. The molecule has 0 aliphatic rings. The maximum atomic E-state index is 6.67. The van der Waals surface area contributed by atoms with Crippen LogP contribution in [0.1, 0.15) is 26.3 Å². The summed E-state index contributed by atoms with van der Waals surface area (Å²) < 4.78 is 16.1. The quantitative estimate of drug-likeness (QED) is 0.0820. The van der Waals surface area contributed by atoms with Crippen LogP contribution in [0.3, 0.4) is 0 Å². The van der Waals surface area contributed by atoms with Gasteiger partial charge in [0.2, 0.25) is 0 Å². The van der Waals surface area contributed by atoms with Crippen molar-refractivity contribution in [2.45, 2.75) is 37.7 Å². The minimum Gasteiger partial charge on any atom is -0.159 e. The van der Waals surface area contributed by atoms with Crippen LogP contribution in [0.15, 0.2) is 200 Å². The first-order valence-corrected chi connectivity index (χ1v) is 28.8. The number of fused-ring (bicyclic) bond motifs is 4. The fourth-order valence-corrected chi connectivity index (χ4v) is 14.3. The minimum atomic E-state index is -2.63. The number of pyridine rings is 1. The number of hydrogen-bond donors (Lipinski definition) is 0. The van der Waals surface area contributed by atoms with Crippen molar-refractivity contribution in [1.82, 2.24) is 14.1 Å². The van der Waals surface area contributed by atoms with Gasteiger partial charge in [0.05, 0.1) is 0 Å². The van der Waals surface area contributed by atoms with Gasteiger partial charge in [-0.3, -0.25) is 0 Å². The zero-order valence-corrected chi connectivity index (χ0v) is 42.4. The van der Waals surface area contributed by atoms with Crippen molar-refractivity contribution >= 4 is 54.9 Å². The van der Waals surface area contributed by atoms with Crippen molar-refractivity contribution in [3.8, 4) is 50.9 Å². The molecule has 0 spiro atoms. The smallest absolute Gasteiger partial charge is 0.159 e. The number of imidazole rings is 1. The van der Waals surface area contributed by atoms with Crippen LogP contribution in [-0.2, 0) is 26.5 Å². The summed E-state index contributed by atoms with van der Waals surface area (Å²) in [5, 5.41) is 2.22. The minimum absolute atomic E-state index is 0. The van der Waals surface area contributed by atoms with E-state index < -0.39 is 13.3 Å². The first-order chi connectivity index (χ1) is 32.1. The summed E-state index contributed by atoms with van der Waals surface area (Å²) in [5.41, 5.74) is 11.6. The first-order valence-electron chi connectivity index (χ1n) is 22.5. The molecule has 8 aromatic carbocycles. The van der Waals surface area contributed by atoms with Gasteiger partial charge in [-0.1, -0.05) is 44.5 Å². The van der Waals surface area contributed by atoms with Gasteiger partial charge in [-0.25, -0.2) is 4.98 Å². The van der Waals surface area contributed by atoms with Crippen molar-refractivity contribution in [1.29, 1.82) is 0 Å². The Morgan fingerprint density at radius 2 is 1.21 bits per heavy atom. The molecule has 0 aliphatic carbocycles. The Bertz CT molecular complexity index is 3590. The van der Waals surface area contributed by atoms with Crippen LogP contribution in [-0.4, -0.2) is 27.4 Å². The third kappa shape index (κ3) is 8.15. The second-order valence-electron chi connectivity index (χ2n) is 18.5. The van der Waals surface area contributed by atoms with Gasteiger partial charge >= 0.3 is 256 Å². The van der Waals surface area contributed by atoms with Gasteiger partial charge in [-0.15, -0.1) is 17.5 Å². The predicted molar refractivity (Wildman–Crippen MR) is 273 cm³/mol. The molecule has 0 bridgehead atoms. The topological polar surface area (TPSA) is 35.9 Å². The van der Waals surface area contributed by atoms with E-state index in [4.69, 9.17) is 9.72 Å². The zero-order chi connectivity index (χ0) is 45.0. The van der Waals surface area contributed by atoms with Crippen LogP contribution in [0.5, 0.6) is 11.5 Å². The number of rotatable bonds is 9. The Morgan fingerprint density at radius 1 is 0.567 bits per heavy atom. The van der Waals surface area contributed by atoms with E-state index in [9.17, 15) is 0 Å². The molecule has 67 heavy (non-hydrogen) atoms. The van der Waals surface area contributed by atoms with E-state index in [0.29, 0.717) is 11.5 Å². The second kappa shape index (κ2) is 17.8. The van der Waals surface area contributed by atoms with Gasteiger partial charge in [-0.2, -0.15) is 6.07 Å². The van der Waals surface area contributed by atoms with E-state index in [1.165, 1.54) is 19.9 Å². The van der Waals surface area contributed by atoms with Crippen LogP contribution in [0.4, 0.5) is 0 Å². The molecule has 0 N–H and O–H groups in total. The van der Waals surface area contributed by atoms with Crippen molar-refractivity contribution in [3.63, 3.8) is 0 Å². The molecule has 3 aromatic heterocycles. The Balaban J connectivity index is 0.00000525. The zero-order valence-electron chi connectivity index (χ0n) is 38.1. The molecule has 330 valence electrons. The normalized spacial score (nSPS) is 11.8. The Kier molecular flexibility index (Phi) is 11.7. The van der Waals surface area contributed by atoms with Crippen LogP contribution >= 0.6 is 0 Å². The van der Waals surface area contributed by atoms with Crippen molar-refractivity contribution in [2.75, 3.05) is 0 Å². The van der Waals surface area contributed by atoms with E-state index >= 15 is 0 Å². The van der Waals surface area contributed by atoms with Gasteiger partial charge in [0, 0.05) is 38.5 Å². The fourth-order valence-electron chi connectivity index (χ4n) is 9.29.